The molecule has 5 heteroatoms. The van der Waals surface area contributed by atoms with E-state index in [1.807, 2.05) is 6.92 Å². The van der Waals surface area contributed by atoms with Crippen LogP contribution in [0.5, 0.6) is 0 Å². The van der Waals surface area contributed by atoms with Gasteiger partial charge in [-0.25, -0.2) is 8.42 Å². The Bertz CT molecular complexity index is 504. The molecule has 100 valence electrons. The topological polar surface area (TPSA) is 58.5 Å². The Morgan fingerprint density at radius 1 is 1.28 bits per heavy atom. The predicted octanol–water partition coefficient (Wildman–Crippen LogP) is 2.49. The van der Waals surface area contributed by atoms with Crippen molar-refractivity contribution in [3.63, 3.8) is 0 Å². The van der Waals surface area contributed by atoms with Gasteiger partial charge in [0.25, 0.3) is 10.0 Å². The maximum absolute atomic E-state index is 12.0. The van der Waals surface area contributed by atoms with Crippen LogP contribution in [0, 0.1) is 6.92 Å². The number of aryl methyl sites for hydroxylation is 1. The van der Waals surface area contributed by atoms with Gasteiger partial charge in [-0.15, -0.1) is 0 Å². The molecule has 0 unspecified atom stereocenters. The first kappa shape index (κ1) is 14.7. The van der Waals surface area contributed by atoms with Crippen molar-refractivity contribution >= 4 is 15.9 Å². The molecule has 0 amide bonds. The highest BCUT2D eigenvalue weighted by molar-refractivity contribution is 7.90. The fourth-order valence-corrected chi connectivity index (χ4v) is 2.47. The molecule has 0 radical (unpaired) electrons. The number of hydrogen-bond acceptors (Lipinski definition) is 3. The third-order valence-electron chi connectivity index (χ3n) is 2.47. The van der Waals surface area contributed by atoms with Gasteiger partial charge in [-0.1, -0.05) is 31.0 Å². The number of aliphatic imine (C=N–C) groups is 1. The summed E-state index contributed by atoms with van der Waals surface area (Å²) in [7, 11) is -3.49. The van der Waals surface area contributed by atoms with Crippen molar-refractivity contribution in [3.8, 4) is 0 Å². The van der Waals surface area contributed by atoms with Gasteiger partial charge in [0, 0.05) is 6.54 Å². The summed E-state index contributed by atoms with van der Waals surface area (Å²) in [6, 6.07) is 6.74. The zero-order chi connectivity index (χ0) is 13.6. The number of amidine groups is 1. The Morgan fingerprint density at radius 3 is 2.44 bits per heavy atom. The number of hydrogen-bond donors (Lipinski definition) is 1. The number of benzene rings is 1. The van der Waals surface area contributed by atoms with Crippen LogP contribution < -0.4 is 4.72 Å². The van der Waals surface area contributed by atoms with Crippen LogP contribution in [0.15, 0.2) is 34.2 Å². The van der Waals surface area contributed by atoms with Crippen LogP contribution in [0.2, 0.25) is 0 Å². The summed E-state index contributed by atoms with van der Waals surface area (Å²) in [5.41, 5.74) is 1.03. The second-order valence-corrected chi connectivity index (χ2v) is 5.92. The second-order valence-electron chi connectivity index (χ2n) is 4.24. The van der Waals surface area contributed by atoms with Crippen molar-refractivity contribution in [2.45, 2.75) is 38.5 Å². The van der Waals surface area contributed by atoms with Crippen LogP contribution in [0.4, 0.5) is 0 Å². The van der Waals surface area contributed by atoms with Gasteiger partial charge in [-0.2, -0.15) is 0 Å². The number of unbranched alkanes of at least 4 members (excludes halogenated alkanes) is 1. The molecule has 0 heterocycles. The molecule has 0 atom stereocenters. The number of nitrogens with zero attached hydrogens (tertiary/aromatic N) is 1. The monoisotopic (exact) mass is 268 g/mol. The molecule has 1 N–H and O–H groups in total. The number of rotatable bonds is 5. The summed E-state index contributed by atoms with van der Waals surface area (Å²) >= 11 is 0. The lowest BCUT2D eigenvalue weighted by Crippen LogP contribution is -2.28. The minimum Gasteiger partial charge on any atom is -0.272 e. The predicted molar refractivity (Wildman–Crippen MR) is 74.4 cm³/mol. The Balaban J connectivity index is 2.76. The van der Waals surface area contributed by atoms with Gasteiger partial charge in [0.1, 0.15) is 5.84 Å². The molecule has 1 aromatic rings. The van der Waals surface area contributed by atoms with E-state index in [4.69, 9.17) is 0 Å². The lowest BCUT2D eigenvalue weighted by molar-refractivity contribution is 0.592. The first-order valence-electron chi connectivity index (χ1n) is 6.06. The molecule has 1 rings (SSSR count). The first-order valence-corrected chi connectivity index (χ1v) is 7.54. The third-order valence-corrected chi connectivity index (χ3v) is 3.93. The lowest BCUT2D eigenvalue weighted by Gasteiger charge is -2.07. The molecule has 0 saturated carbocycles. The van der Waals surface area contributed by atoms with Gasteiger partial charge >= 0.3 is 0 Å². The van der Waals surface area contributed by atoms with E-state index in [0.29, 0.717) is 12.4 Å². The molecule has 0 bridgehead atoms. The van der Waals surface area contributed by atoms with Crippen molar-refractivity contribution < 1.29 is 8.42 Å². The molecule has 0 fully saturated rings. The molecule has 0 saturated heterocycles. The quantitative estimate of drug-likeness (QED) is 0.507. The highest BCUT2D eigenvalue weighted by Crippen LogP contribution is 2.09. The molecule has 18 heavy (non-hydrogen) atoms. The average molecular weight is 268 g/mol. The Morgan fingerprint density at radius 2 is 1.89 bits per heavy atom. The zero-order valence-electron chi connectivity index (χ0n) is 11.1. The van der Waals surface area contributed by atoms with Crippen molar-refractivity contribution in [2.75, 3.05) is 6.54 Å². The Labute approximate surface area is 109 Å². The van der Waals surface area contributed by atoms with E-state index >= 15 is 0 Å². The van der Waals surface area contributed by atoms with Gasteiger partial charge < -0.3 is 0 Å². The van der Waals surface area contributed by atoms with Crippen molar-refractivity contribution in [3.05, 3.63) is 29.8 Å². The van der Waals surface area contributed by atoms with Gasteiger partial charge in [-0.05, 0) is 32.4 Å². The highest BCUT2D eigenvalue weighted by atomic mass is 32.2. The fourth-order valence-electron chi connectivity index (χ4n) is 1.41. The second kappa shape index (κ2) is 6.54. The normalized spacial score (nSPS) is 12.5. The summed E-state index contributed by atoms with van der Waals surface area (Å²) in [6.45, 7) is 6.31. The van der Waals surface area contributed by atoms with Crippen LogP contribution in [-0.2, 0) is 10.0 Å². The van der Waals surface area contributed by atoms with E-state index in [2.05, 4.69) is 16.6 Å². The van der Waals surface area contributed by atoms with Crippen molar-refractivity contribution in [2.24, 2.45) is 4.99 Å². The fraction of sp³-hybridized carbons (Fsp3) is 0.462. The van der Waals surface area contributed by atoms with E-state index in [1.54, 1.807) is 31.2 Å². The van der Waals surface area contributed by atoms with Gasteiger partial charge in [0.15, 0.2) is 0 Å². The minimum absolute atomic E-state index is 0.262. The van der Waals surface area contributed by atoms with E-state index in [-0.39, 0.29) is 4.90 Å². The highest BCUT2D eigenvalue weighted by Gasteiger charge is 2.13. The Kier molecular flexibility index (Phi) is 5.34. The zero-order valence-corrected chi connectivity index (χ0v) is 11.9. The molecular weight excluding hydrogens is 248 g/mol. The van der Waals surface area contributed by atoms with Crippen LogP contribution in [0.25, 0.3) is 0 Å². The van der Waals surface area contributed by atoms with E-state index in [1.165, 1.54) is 0 Å². The molecule has 0 spiro atoms. The van der Waals surface area contributed by atoms with Crippen molar-refractivity contribution in [1.82, 2.24) is 4.72 Å². The summed E-state index contributed by atoms with van der Waals surface area (Å²) < 4.78 is 26.5. The van der Waals surface area contributed by atoms with Crippen LogP contribution in [0.1, 0.15) is 32.3 Å². The van der Waals surface area contributed by atoms with Gasteiger partial charge in [-0.3, -0.25) is 9.71 Å². The lowest BCUT2D eigenvalue weighted by atomic mass is 10.2. The molecule has 0 aliphatic rings. The molecular formula is C13H20N2O2S. The minimum atomic E-state index is -3.49. The molecule has 0 aliphatic heterocycles. The Hall–Kier alpha value is -1.36. The summed E-state index contributed by atoms with van der Waals surface area (Å²) in [4.78, 5) is 4.43. The van der Waals surface area contributed by atoms with Crippen LogP contribution >= 0.6 is 0 Å². The summed E-state index contributed by atoms with van der Waals surface area (Å²) in [6.07, 6.45) is 2.01. The SMILES string of the molecule is CCCCN=C(C)NS(=O)(=O)c1ccc(C)cc1. The van der Waals surface area contributed by atoms with Gasteiger partial charge in [0.05, 0.1) is 4.90 Å². The average Bonchev–Trinajstić information content (AvgIpc) is 2.29. The maximum Gasteiger partial charge on any atom is 0.262 e. The van der Waals surface area contributed by atoms with Crippen LogP contribution in [0.3, 0.4) is 0 Å². The molecule has 1 aromatic carbocycles. The molecule has 4 nitrogen and oxygen atoms in total. The number of sulfonamides is 1. The summed E-state index contributed by atoms with van der Waals surface area (Å²) in [5.74, 6) is 0.434. The third kappa shape index (κ3) is 4.49. The number of nitrogens with one attached hydrogen (secondary N) is 1. The molecule has 0 aliphatic carbocycles. The largest absolute Gasteiger partial charge is 0.272 e. The van der Waals surface area contributed by atoms with Gasteiger partial charge in [0.2, 0.25) is 0 Å². The molecule has 0 aromatic heterocycles. The smallest absolute Gasteiger partial charge is 0.262 e. The van der Waals surface area contributed by atoms with E-state index in [0.717, 1.165) is 18.4 Å². The van der Waals surface area contributed by atoms with E-state index < -0.39 is 10.0 Å². The van der Waals surface area contributed by atoms with E-state index in [9.17, 15) is 8.42 Å². The standard InChI is InChI=1S/C13H20N2O2S/c1-4-5-10-14-12(3)15-18(16,17)13-8-6-11(2)7-9-13/h6-9H,4-5,10H2,1-3H3,(H,14,15). The van der Waals surface area contributed by atoms with Crippen LogP contribution in [-0.4, -0.2) is 20.8 Å². The summed E-state index contributed by atoms with van der Waals surface area (Å²) in [5, 5.41) is 0. The maximum atomic E-state index is 12.0. The van der Waals surface area contributed by atoms with Crippen molar-refractivity contribution in [1.29, 1.82) is 0 Å². The first-order chi connectivity index (χ1) is 8.45.